The molecule has 2 N–H and O–H groups in total. The van der Waals surface area contributed by atoms with Gasteiger partial charge in [-0.2, -0.15) is 0 Å². The summed E-state index contributed by atoms with van der Waals surface area (Å²) in [5.74, 6) is 5.42. The van der Waals surface area contributed by atoms with Crippen molar-refractivity contribution in [1.82, 2.24) is 0 Å². The second kappa shape index (κ2) is 8.68. The molecule has 0 saturated carbocycles. The normalized spacial score (nSPS) is 11.0. The lowest BCUT2D eigenvalue weighted by molar-refractivity contribution is -0.609. The van der Waals surface area contributed by atoms with Crippen LogP contribution >= 0.6 is 11.3 Å². The van der Waals surface area contributed by atoms with Crippen LogP contribution in [0.15, 0.2) is 41.3 Å². The maximum Gasteiger partial charge on any atom is 0.418 e. The number of thiazole rings is 1. The molecule has 0 aliphatic heterocycles. The molecule has 0 bridgehead atoms. The number of para-hydroxylation sites is 1. The van der Waals surface area contributed by atoms with Gasteiger partial charge in [0.2, 0.25) is 0 Å². The molecule has 0 radical (unpaired) electrons. The largest absolute Gasteiger partial charge is 0.744 e. The van der Waals surface area contributed by atoms with Crippen LogP contribution in [0.5, 0.6) is 0 Å². The van der Waals surface area contributed by atoms with Crippen LogP contribution in [-0.4, -0.2) is 25.5 Å². The van der Waals surface area contributed by atoms with E-state index in [1.807, 2.05) is 31.2 Å². The number of carbonyl (C=O) groups is 1. The van der Waals surface area contributed by atoms with Gasteiger partial charge in [0.05, 0.1) is 11.5 Å². The summed E-state index contributed by atoms with van der Waals surface area (Å²) < 4.78 is 39.7. The van der Waals surface area contributed by atoms with Gasteiger partial charge >= 0.3 is 11.0 Å². The van der Waals surface area contributed by atoms with Crippen LogP contribution in [0.1, 0.15) is 33.4 Å². The van der Waals surface area contributed by atoms with E-state index in [0.717, 1.165) is 15.8 Å². The minimum absolute atomic E-state index is 0.0851. The number of rotatable bonds is 3. The Kier molecular flexibility index (Phi) is 6.76. The third-order valence-electron chi connectivity index (χ3n) is 3.85. The molecular weight excluding hydrogens is 400 g/mol. The minimum atomic E-state index is -4.33. The van der Waals surface area contributed by atoms with E-state index < -0.39 is 10.1 Å². The first-order valence-corrected chi connectivity index (χ1v) is 10.7. The van der Waals surface area contributed by atoms with E-state index in [4.69, 9.17) is 10.6 Å². The molecule has 0 aliphatic rings. The number of hydrogen-bond donors (Lipinski definition) is 1. The molecule has 0 unspecified atom stereocenters. The fraction of sp³-hybridized carbons (Fsp3) is 0.263. The van der Waals surface area contributed by atoms with Crippen LogP contribution in [0, 0.1) is 20.8 Å². The quantitative estimate of drug-likeness (QED) is 0.300. The minimum Gasteiger partial charge on any atom is -0.744 e. The summed E-state index contributed by atoms with van der Waals surface area (Å²) >= 11 is 1.34. The van der Waals surface area contributed by atoms with E-state index >= 15 is 0 Å². The topological polar surface area (TPSA) is 113 Å². The third-order valence-corrected chi connectivity index (χ3v) is 6.12. The van der Waals surface area contributed by atoms with E-state index in [0.29, 0.717) is 22.7 Å². The summed E-state index contributed by atoms with van der Waals surface area (Å²) in [6.45, 7) is 7.25. The van der Waals surface area contributed by atoms with Crippen molar-refractivity contribution in [3.8, 4) is 0 Å². The predicted molar refractivity (Wildman–Crippen MR) is 107 cm³/mol. The van der Waals surface area contributed by atoms with Crippen molar-refractivity contribution in [2.24, 2.45) is 0 Å². The van der Waals surface area contributed by atoms with Gasteiger partial charge in [0, 0.05) is 6.07 Å². The molecule has 7 nitrogen and oxygen atoms in total. The van der Waals surface area contributed by atoms with Gasteiger partial charge in [0.25, 0.3) is 5.52 Å². The number of nitrogens with zero attached hydrogens (tertiary/aromatic N) is 1. The van der Waals surface area contributed by atoms with Gasteiger partial charge < -0.3 is 9.29 Å². The van der Waals surface area contributed by atoms with Gasteiger partial charge in [-0.15, -0.1) is 0 Å². The van der Waals surface area contributed by atoms with Gasteiger partial charge in [0.1, 0.15) is 14.8 Å². The Hall–Kier alpha value is -2.49. The average Bonchev–Trinajstić information content (AvgIpc) is 2.91. The molecule has 0 fully saturated rings. The molecule has 150 valence electrons. The summed E-state index contributed by atoms with van der Waals surface area (Å²) in [6.07, 6.45) is 0. The zero-order valence-corrected chi connectivity index (χ0v) is 17.7. The van der Waals surface area contributed by atoms with E-state index in [-0.39, 0.29) is 10.9 Å². The summed E-state index contributed by atoms with van der Waals surface area (Å²) in [5, 5.41) is 0.415. The van der Waals surface area contributed by atoms with Crippen molar-refractivity contribution in [1.29, 1.82) is 0 Å². The fourth-order valence-electron chi connectivity index (χ4n) is 2.90. The van der Waals surface area contributed by atoms with Gasteiger partial charge in [-0.05, 0) is 44.9 Å². The first kappa shape index (κ1) is 21.8. The molecule has 2 aromatic carbocycles. The molecule has 3 rings (SSSR count). The average molecular weight is 423 g/mol. The molecule has 0 saturated heterocycles. The summed E-state index contributed by atoms with van der Waals surface area (Å²) in [4.78, 5) is 11.4. The number of fused-ring (bicyclic) bond motifs is 1. The molecular formula is C19H22N2O5S2. The number of aryl methyl sites for hydroxylation is 3. The van der Waals surface area contributed by atoms with Crippen molar-refractivity contribution in [3.05, 3.63) is 58.1 Å². The Labute approximate surface area is 168 Å². The monoisotopic (exact) mass is 422 g/mol. The van der Waals surface area contributed by atoms with Crippen molar-refractivity contribution < 1.29 is 27.2 Å². The first-order chi connectivity index (χ1) is 13.1. The molecule has 0 spiro atoms. The van der Waals surface area contributed by atoms with Gasteiger partial charge in [-0.1, -0.05) is 45.8 Å². The Balaban J connectivity index is 0.000000203. The summed E-state index contributed by atoms with van der Waals surface area (Å²) in [7, 11) is -4.33. The first-order valence-electron chi connectivity index (χ1n) is 8.45. The van der Waals surface area contributed by atoms with Gasteiger partial charge in [0.15, 0.2) is 0 Å². The fourth-order valence-corrected chi connectivity index (χ4v) is 4.77. The van der Waals surface area contributed by atoms with Gasteiger partial charge in [-0.25, -0.2) is 19.1 Å². The molecule has 28 heavy (non-hydrogen) atoms. The predicted octanol–water partition coefficient (Wildman–Crippen LogP) is 2.60. The van der Waals surface area contributed by atoms with Crippen LogP contribution < -0.4 is 10.5 Å². The maximum absolute atomic E-state index is 11.5. The Morgan fingerprint density at radius 3 is 2.25 bits per heavy atom. The van der Waals surface area contributed by atoms with E-state index in [9.17, 15) is 17.8 Å². The Morgan fingerprint density at radius 2 is 1.75 bits per heavy atom. The molecule has 0 atom stereocenters. The summed E-state index contributed by atoms with van der Waals surface area (Å²) in [5.41, 5.74) is 2.84. The Morgan fingerprint density at radius 1 is 1.18 bits per heavy atom. The van der Waals surface area contributed by atoms with Crippen molar-refractivity contribution >= 4 is 37.6 Å². The van der Waals surface area contributed by atoms with Crippen molar-refractivity contribution in [3.63, 3.8) is 0 Å². The lowest BCUT2D eigenvalue weighted by atomic mass is 10.1. The number of carbonyl (C=O) groups excluding carboxylic acids is 1. The molecule has 0 aliphatic carbocycles. The number of esters is 1. The third kappa shape index (κ3) is 4.86. The molecule has 9 heteroatoms. The second-order valence-electron chi connectivity index (χ2n) is 6.15. The van der Waals surface area contributed by atoms with Crippen LogP contribution in [0.4, 0.5) is 0 Å². The molecule has 1 heterocycles. The number of nitrogen functional groups attached to an aromatic ring is 1. The highest BCUT2D eigenvalue weighted by Gasteiger charge is 2.26. The highest BCUT2D eigenvalue weighted by Crippen LogP contribution is 2.21. The SMILES string of the molecule is CCOC(=O)c1sc2ccccc2[n+]1N.Cc1cc(C)c(S(=O)(=O)[O-])c(C)c1. The second-order valence-corrected chi connectivity index (χ2v) is 8.49. The molecule has 0 amide bonds. The smallest absolute Gasteiger partial charge is 0.418 e. The van der Waals surface area contributed by atoms with Gasteiger partial charge in [-0.3, -0.25) is 0 Å². The highest BCUT2D eigenvalue weighted by molar-refractivity contribution is 7.85. The van der Waals surface area contributed by atoms with Crippen LogP contribution in [0.25, 0.3) is 10.2 Å². The highest BCUT2D eigenvalue weighted by atomic mass is 32.2. The number of benzene rings is 2. The number of nitrogens with two attached hydrogens (primary N) is 1. The maximum atomic E-state index is 11.5. The van der Waals surface area contributed by atoms with Crippen molar-refractivity contribution in [2.45, 2.75) is 32.6 Å². The lowest BCUT2D eigenvalue weighted by Gasteiger charge is -2.14. The van der Waals surface area contributed by atoms with E-state index in [1.54, 1.807) is 32.9 Å². The molecule has 3 aromatic rings. The molecule has 1 aromatic heterocycles. The van der Waals surface area contributed by atoms with Crippen molar-refractivity contribution in [2.75, 3.05) is 12.4 Å². The zero-order valence-electron chi connectivity index (χ0n) is 16.1. The summed E-state index contributed by atoms with van der Waals surface area (Å²) in [6, 6.07) is 11.0. The zero-order chi connectivity index (χ0) is 21.1. The number of aromatic nitrogens is 1. The van der Waals surface area contributed by atoms with Crippen LogP contribution in [0.3, 0.4) is 0 Å². The van der Waals surface area contributed by atoms with Crippen LogP contribution in [-0.2, 0) is 14.9 Å². The lowest BCUT2D eigenvalue weighted by Crippen LogP contribution is -2.48. The van der Waals surface area contributed by atoms with E-state index in [1.165, 1.54) is 16.0 Å². The number of ether oxygens (including phenoxy) is 1. The van der Waals surface area contributed by atoms with Crippen LogP contribution in [0.2, 0.25) is 0 Å². The Bertz CT molecular complexity index is 1100. The van der Waals surface area contributed by atoms with E-state index in [2.05, 4.69) is 0 Å². The standard InChI is InChI=1S/C10H10N2O2S.C9H12O3S/c1-2-14-10(13)9-12(11)7-5-3-4-6-8(7)15-9;1-6-4-7(2)9(8(3)5-6)13(10,11)12/h3-6H,2H2,1H3,(H-,11,13);4-5H,1-3H3,(H,10,11,12). The number of hydrogen-bond acceptors (Lipinski definition) is 7.